The summed E-state index contributed by atoms with van der Waals surface area (Å²) in [5.74, 6) is -0.749. The van der Waals surface area contributed by atoms with Crippen molar-refractivity contribution in [3.63, 3.8) is 0 Å². The lowest BCUT2D eigenvalue weighted by Gasteiger charge is -2.01. The molecule has 4 heteroatoms. The molecule has 1 N–H and O–H groups in total. The van der Waals surface area contributed by atoms with E-state index in [2.05, 4.69) is 0 Å². The van der Waals surface area contributed by atoms with E-state index >= 15 is 0 Å². The highest BCUT2D eigenvalue weighted by Gasteiger charge is 2.29. The van der Waals surface area contributed by atoms with Crippen molar-refractivity contribution in [2.24, 2.45) is 0 Å². The first kappa shape index (κ1) is 13.1. The number of imidazole rings is 1. The van der Waals surface area contributed by atoms with Gasteiger partial charge in [-0.1, -0.05) is 36.4 Å². The minimum atomic E-state index is -0.962. The molecule has 0 radical (unpaired) electrons. The van der Waals surface area contributed by atoms with Gasteiger partial charge in [0.1, 0.15) is 23.3 Å². The number of carboxylic acids is 1. The first-order chi connectivity index (χ1) is 10.2. The molecule has 0 aliphatic heterocycles. The number of hydrogen-bond acceptors (Lipinski definition) is 1. The van der Waals surface area contributed by atoms with Crippen LogP contribution in [0.25, 0.3) is 11.4 Å². The van der Waals surface area contributed by atoms with Gasteiger partial charge in [-0.15, -0.1) is 0 Å². The van der Waals surface area contributed by atoms with E-state index in [4.69, 9.17) is 0 Å². The van der Waals surface area contributed by atoms with Gasteiger partial charge >= 0.3 is 11.8 Å². The smallest absolute Gasteiger partial charge is 0.420 e. The van der Waals surface area contributed by atoms with Gasteiger partial charge in [0.2, 0.25) is 0 Å². The van der Waals surface area contributed by atoms with Crippen molar-refractivity contribution in [3.8, 4) is 11.4 Å². The molecule has 3 aromatic rings. The van der Waals surface area contributed by atoms with Gasteiger partial charge in [-0.2, -0.15) is 9.13 Å². The highest BCUT2D eigenvalue weighted by atomic mass is 16.4. The van der Waals surface area contributed by atoms with E-state index in [0.29, 0.717) is 0 Å². The van der Waals surface area contributed by atoms with Gasteiger partial charge in [-0.05, 0) is 24.3 Å². The number of aromatic carboxylic acids is 1. The Bertz CT molecular complexity index is 777. The van der Waals surface area contributed by atoms with Crippen LogP contribution in [0, 0.1) is 6.92 Å². The molecule has 2 aromatic carbocycles. The quantitative estimate of drug-likeness (QED) is 0.749. The van der Waals surface area contributed by atoms with E-state index in [1.807, 2.05) is 73.8 Å². The Morgan fingerprint density at radius 2 is 1.57 bits per heavy atom. The second-order valence-electron chi connectivity index (χ2n) is 4.78. The largest absolute Gasteiger partial charge is 0.472 e. The zero-order valence-corrected chi connectivity index (χ0v) is 11.6. The second-order valence-corrected chi connectivity index (χ2v) is 4.78. The van der Waals surface area contributed by atoms with Crippen LogP contribution in [0.1, 0.15) is 16.3 Å². The molecule has 1 heterocycles. The first-order valence-corrected chi connectivity index (χ1v) is 6.66. The predicted molar refractivity (Wildman–Crippen MR) is 79.0 cm³/mol. The Balaban J connectivity index is 2.28. The van der Waals surface area contributed by atoms with Crippen molar-refractivity contribution in [3.05, 3.63) is 78.4 Å². The zero-order valence-electron chi connectivity index (χ0n) is 11.6. The maximum atomic E-state index is 11.8. The third kappa shape index (κ3) is 2.31. The van der Waals surface area contributed by atoms with E-state index in [1.54, 1.807) is 9.13 Å². The molecule has 0 unspecified atom stereocenters. The number of carbonyl (C=O) groups is 1. The Hall–Kier alpha value is -2.88. The van der Waals surface area contributed by atoms with Crippen LogP contribution in [0.15, 0.2) is 66.9 Å². The molecule has 21 heavy (non-hydrogen) atoms. The van der Waals surface area contributed by atoms with E-state index in [0.717, 1.165) is 17.1 Å². The van der Waals surface area contributed by atoms with Gasteiger partial charge < -0.3 is 5.11 Å². The summed E-state index contributed by atoms with van der Waals surface area (Å²) in [6.45, 7) is 1.90. The van der Waals surface area contributed by atoms with Crippen LogP contribution in [-0.4, -0.2) is 15.6 Å². The van der Waals surface area contributed by atoms with E-state index in [1.165, 1.54) is 0 Å². The fourth-order valence-corrected chi connectivity index (χ4v) is 2.47. The highest BCUT2D eigenvalue weighted by molar-refractivity contribution is 5.83. The zero-order chi connectivity index (χ0) is 14.8. The third-order valence-corrected chi connectivity index (χ3v) is 3.35. The molecule has 1 aromatic heterocycles. The predicted octanol–water partition coefficient (Wildman–Crippen LogP) is 2.76. The van der Waals surface area contributed by atoms with Crippen LogP contribution in [0.2, 0.25) is 0 Å². The monoisotopic (exact) mass is 279 g/mol. The van der Waals surface area contributed by atoms with Gasteiger partial charge in [0.25, 0.3) is 0 Å². The van der Waals surface area contributed by atoms with Crippen molar-refractivity contribution in [2.75, 3.05) is 0 Å². The normalized spacial score (nSPS) is 10.5. The Morgan fingerprint density at radius 3 is 2.14 bits per heavy atom. The molecule has 0 bridgehead atoms. The van der Waals surface area contributed by atoms with Crippen molar-refractivity contribution in [2.45, 2.75) is 6.92 Å². The van der Waals surface area contributed by atoms with Crippen molar-refractivity contribution in [1.29, 1.82) is 0 Å². The number of para-hydroxylation sites is 2. The average molecular weight is 279 g/mol. The second kappa shape index (κ2) is 5.25. The number of carboxylic acid groups (broad SMARTS) is 1. The van der Waals surface area contributed by atoms with Gasteiger partial charge in [-0.25, -0.2) is 4.79 Å². The maximum absolute atomic E-state index is 11.8. The van der Waals surface area contributed by atoms with Gasteiger partial charge in [0.15, 0.2) is 0 Å². The van der Waals surface area contributed by atoms with Crippen molar-refractivity contribution >= 4 is 5.97 Å². The molecule has 0 amide bonds. The van der Waals surface area contributed by atoms with E-state index in [-0.39, 0.29) is 5.82 Å². The lowest BCUT2D eigenvalue weighted by Crippen LogP contribution is -2.37. The highest BCUT2D eigenvalue weighted by Crippen LogP contribution is 2.15. The minimum absolute atomic E-state index is 0.213. The van der Waals surface area contributed by atoms with Gasteiger partial charge in [0, 0.05) is 6.92 Å². The lowest BCUT2D eigenvalue weighted by molar-refractivity contribution is -0.598. The number of nitrogens with zero attached hydrogens (tertiary/aromatic N) is 2. The lowest BCUT2D eigenvalue weighted by atomic mass is 10.3. The molecule has 4 nitrogen and oxygen atoms in total. The van der Waals surface area contributed by atoms with Crippen molar-refractivity contribution < 1.29 is 14.5 Å². The third-order valence-electron chi connectivity index (χ3n) is 3.35. The molecule has 0 saturated carbocycles. The maximum Gasteiger partial charge on any atom is 0.420 e. The number of aromatic nitrogens is 2. The molecule has 0 aliphatic rings. The summed E-state index contributed by atoms with van der Waals surface area (Å²) < 4.78 is 3.44. The van der Waals surface area contributed by atoms with Crippen LogP contribution in [-0.2, 0) is 0 Å². The molecular formula is C17H15N2O2+. The van der Waals surface area contributed by atoms with Crippen LogP contribution < -0.4 is 4.57 Å². The van der Waals surface area contributed by atoms with Crippen molar-refractivity contribution in [1.82, 2.24) is 4.57 Å². The van der Waals surface area contributed by atoms with Crippen LogP contribution >= 0.6 is 0 Å². The first-order valence-electron chi connectivity index (χ1n) is 6.66. The summed E-state index contributed by atoms with van der Waals surface area (Å²) >= 11 is 0. The van der Waals surface area contributed by atoms with Crippen LogP contribution in [0.5, 0.6) is 0 Å². The molecule has 0 atom stereocenters. The summed E-state index contributed by atoms with van der Waals surface area (Å²) in [5, 5.41) is 9.64. The summed E-state index contributed by atoms with van der Waals surface area (Å²) in [4.78, 5) is 11.8. The van der Waals surface area contributed by atoms with E-state index < -0.39 is 5.97 Å². The topological polar surface area (TPSA) is 46.1 Å². The number of hydrogen-bond donors (Lipinski definition) is 1. The van der Waals surface area contributed by atoms with Crippen LogP contribution in [0.3, 0.4) is 0 Å². The number of aryl methyl sites for hydroxylation is 1. The Kier molecular flexibility index (Phi) is 3.28. The molecular weight excluding hydrogens is 264 g/mol. The minimum Gasteiger partial charge on any atom is -0.472 e. The summed E-state index contributed by atoms with van der Waals surface area (Å²) in [6, 6.07) is 19.0. The van der Waals surface area contributed by atoms with E-state index in [9.17, 15) is 9.90 Å². The SMILES string of the molecule is Cc1c[n+](-c2ccccc2)c(C(=O)O)n1-c1ccccc1. The van der Waals surface area contributed by atoms with Gasteiger partial charge in [0.05, 0.1) is 0 Å². The molecule has 104 valence electrons. The standard InChI is InChI=1S/C17H14N2O2/c1-13-12-18(14-8-4-2-5-9-14)16(17(20)21)19(13)15-10-6-3-7-11-15/h2-12H,1H3/p+1. The van der Waals surface area contributed by atoms with Crippen LogP contribution in [0.4, 0.5) is 0 Å². The molecule has 0 aliphatic carbocycles. The summed E-state index contributed by atoms with van der Waals surface area (Å²) in [7, 11) is 0. The Morgan fingerprint density at radius 1 is 1.00 bits per heavy atom. The molecule has 0 spiro atoms. The molecule has 0 fully saturated rings. The number of rotatable bonds is 3. The fourth-order valence-electron chi connectivity index (χ4n) is 2.47. The Labute approximate surface area is 122 Å². The molecule has 0 saturated heterocycles. The van der Waals surface area contributed by atoms with Gasteiger partial charge in [-0.3, -0.25) is 0 Å². The summed E-state index contributed by atoms with van der Waals surface area (Å²) in [5.41, 5.74) is 2.53. The fraction of sp³-hybridized carbons (Fsp3) is 0.0588. The summed E-state index contributed by atoms with van der Waals surface area (Å²) in [6.07, 6.45) is 1.84. The average Bonchev–Trinajstić information content (AvgIpc) is 2.87. The number of benzene rings is 2. The molecule has 3 rings (SSSR count).